The van der Waals surface area contributed by atoms with Crippen LogP contribution >= 0.6 is 23.4 Å². The van der Waals surface area contributed by atoms with E-state index in [0.29, 0.717) is 29.5 Å². The van der Waals surface area contributed by atoms with Crippen molar-refractivity contribution in [2.45, 2.75) is 62.5 Å². The van der Waals surface area contributed by atoms with Crippen LogP contribution in [0, 0.1) is 0 Å². The summed E-state index contributed by atoms with van der Waals surface area (Å²) < 4.78 is 34.7. The SMILES string of the molecule is CCOc1ccc(N(CC(=O)N(Cc2ccc(Cl)cc2)[C@@H](CC)C(=O)NC(C)C)S(=O)(=O)c2ccc(SC)cc2)cc1. The fourth-order valence-electron chi connectivity index (χ4n) is 4.37. The Hall–Kier alpha value is -3.21. The number of ether oxygens (including phenoxy) is 1. The van der Waals surface area contributed by atoms with Gasteiger partial charge in [0.1, 0.15) is 18.3 Å². The van der Waals surface area contributed by atoms with E-state index in [2.05, 4.69) is 5.32 Å². The summed E-state index contributed by atoms with van der Waals surface area (Å²) in [6.45, 7) is 7.41. The first kappa shape index (κ1) is 33.3. The highest BCUT2D eigenvalue weighted by atomic mass is 35.5. The van der Waals surface area contributed by atoms with Crippen LogP contribution in [0.1, 0.15) is 39.7 Å². The Kier molecular flexibility index (Phi) is 12.1. The van der Waals surface area contributed by atoms with E-state index < -0.39 is 28.5 Å². The zero-order chi connectivity index (χ0) is 30.9. The van der Waals surface area contributed by atoms with Crippen molar-refractivity contribution in [1.29, 1.82) is 0 Å². The molecule has 0 saturated heterocycles. The Bertz CT molecular complexity index is 1430. The van der Waals surface area contributed by atoms with Gasteiger partial charge in [-0.25, -0.2) is 8.42 Å². The summed E-state index contributed by atoms with van der Waals surface area (Å²) in [5.41, 5.74) is 1.05. The minimum atomic E-state index is -4.17. The van der Waals surface area contributed by atoms with Crippen molar-refractivity contribution >= 4 is 50.9 Å². The first-order valence-corrected chi connectivity index (χ1v) is 16.8. The third-order valence-electron chi connectivity index (χ3n) is 6.45. The Morgan fingerprint density at radius 1 is 0.952 bits per heavy atom. The summed E-state index contributed by atoms with van der Waals surface area (Å²) in [5, 5.41) is 3.44. The van der Waals surface area contributed by atoms with Crippen molar-refractivity contribution in [1.82, 2.24) is 10.2 Å². The van der Waals surface area contributed by atoms with E-state index in [9.17, 15) is 18.0 Å². The summed E-state index contributed by atoms with van der Waals surface area (Å²) in [5.74, 6) is -0.248. The fourth-order valence-corrected chi connectivity index (χ4v) is 6.31. The highest BCUT2D eigenvalue weighted by Crippen LogP contribution is 2.28. The molecule has 42 heavy (non-hydrogen) atoms. The van der Waals surface area contributed by atoms with Crippen LogP contribution in [0.4, 0.5) is 5.69 Å². The second-order valence-electron chi connectivity index (χ2n) is 9.85. The zero-order valence-electron chi connectivity index (χ0n) is 24.5. The van der Waals surface area contributed by atoms with E-state index in [-0.39, 0.29) is 23.4 Å². The van der Waals surface area contributed by atoms with Gasteiger partial charge in [0.2, 0.25) is 11.8 Å². The van der Waals surface area contributed by atoms with E-state index in [0.717, 1.165) is 14.8 Å². The Morgan fingerprint density at radius 2 is 1.57 bits per heavy atom. The first-order chi connectivity index (χ1) is 20.0. The first-order valence-electron chi connectivity index (χ1n) is 13.7. The number of thioether (sulfide) groups is 1. The van der Waals surface area contributed by atoms with Gasteiger partial charge in [0.05, 0.1) is 17.2 Å². The number of anilines is 1. The van der Waals surface area contributed by atoms with E-state index >= 15 is 0 Å². The largest absolute Gasteiger partial charge is 0.494 e. The van der Waals surface area contributed by atoms with Crippen LogP contribution in [-0.4, -0.2) is 56.6 Å². The molecule has 3 aromatic carbocycles. The molecule has 3 aromatic rings. The van der Waals surface area contributed by atoms with Crippen LogP contribution in [0.2, 0.25) is 5.02 Å². The molecule has 1 atom stereocenters. The third-order valence-corrected chi connectivity index (χ3v) is 9.23. The van der Waals surface area contributed by atoms with Crippen LogP contribution in [0.15, 0.2) is 82.6 Å². The summed E-state index contributed by atoms with van der Waals surface area (Å²) in [4.78, 5) is 29.8. The van der Waals surface area contributed by atoms with Crippen molar-refractivity contribution in [2.75, 3.05) is 23.7 Å². The quantitative estimate of drug-likeness (QED) is 0.220. The molecule has 0 unspecified atom stereocenters. The van der Waals surface area contributed by atoms with Crippen molar-refractivity contribution in [3.63, 3.8) is 0 Å². The molecule has 2 amide bonds. The maximum atomic E-state index is 14.1. The number of hydrogen-bond donors (Lipinski definition) is 1. The van der Waals surface area contributed by atoms with Crippen molar-refractivity contribution in [2.24, 2.45) is 0 Å². The highest BCUT2D eigenvalue weighted by molar-refractivity contribution is 7.98. The molecule has 3 rings (SSSR count). The Morgan fingerprint density at radius 3 is 2.10 bits per heavy atom. The molecule has 0 fully saturated rings. The molecule has 1 N–H and O–H groups in total. The van der Waals surface area contributed by atoms with Crippen LogP contribution < -0.4 is 14.4 Å². The third kappa shape index (κ3) is 8.65. The number of sulfonamides is 1. The second kappa shape index (κ2) is 15.3. The van der Waals surface area contributed by atoms with Crippen LogP contribution in [0.25, 0.3) is 0 Å². The number of hydrogen-bond acceptors (Lipinski definition) is 6. The van der Waals surface area contributed by atoms with Crippen molar-refractivity contribution < 1.29 is 22.7 Å². The molecule has 0 saturated carbocycles. The zero-order valence-corrected chi connectivity index (χ0v) is 26.9. The van der Waals surface area contributed by atoms with E-state index in [1.807, 2.05) is 34.0 Å². The minimum absolute atomic E-state index is 0.0517. The number of benzene rings is 3. The lowest BCUT2D eigenvalue weighted by Gasteiger charge is -2.33. The minimum Gasteiger partial charge on any atom is -0.494 e. The average molecular weight is 632 g/mol. The monoisotopic (exact) mass is 631 g/mol. The molecule has 11 heteroatoms. The molecule has 0 heterocycles. The molecule has 0 aromatic heterocycles. The lowest BCUT2D eigenvalue weighted by atomic mass is 10.1. The molecule has 0 aliphatic rings. The standard InChI is InChI=1S/C31H38ClN3O5S2/c1-6-29(31(37)33-22(3)4)34(20-23-8-10-24(32)11-9-23)30(36)21-35(25-12-14-26(15-13-25)40-7-2)42(38,39)28-18-16-27(41-5)17-19-28/h8-19,22,29H,6-7,20-21H2,1-5H3,(H,33,37)/t29-/m0/s1. The van der Waals surface area contributed by atoms with Crippen LogP contribution in [0.3, 0.4) is 0 Å². The summed E-state index contributed by atoms with van der Waals surface area (Å²) in [7, 11) is -4.17. The molecule has 0 bridgehead atoms. The number of nitrogens with zero attached hydrogens (tertiary/aromatic N) is 2. The predicted molar refractivity (Wildman–Crippen MR) is 170 cm³/mol. The molecular formula is C31H38ClN3O5S2. The summed E-state index contributed by atoms with van der Waals surface area (Å²) >= 11 is 7.57. The molecule has 0 aliphatic carbocycles. The van der Waals surface area contributed by atoms with Gasteiger partial charge in [-0.05, 0) is 99.7 Å². The molecular weight excluding hydrogens is 594 g/mol. The Labute approximate surface area is 258 Å². The molecule has 0 aliphatic heterocycles. The molecule has 0 spiro atoms. The van der Waals surface area contributed by atoms with Crippen LogP contribution in [-0.2, 0) is 26.2 Å². The lowest BCUT2D eigenvalue weighted by Crippen LogP contribution is -2.53. The van der Waals surface area contributed by atoms with Gasteiger partial charge in [-0.1, -0.05) is 30.7 Å². The number of amides is 2. The number of halogens is 1. The Balaban J connectivity index is 2.06. The normalized spacial score (nSPS) is 12.1. The molecule has 226 valence electrons. The average Bonchev–Trinajstić information content (AvgIpc) is 2.97. The van der Waals surface area contributed by atoms with Gasteiger partial charge >= 0.3 is 0 Å². The van der Waals surface area contributed by atoms with E-state index in [1.54, 1.807) is 60.7 Å². The summed E-state index contributed by atoms with van der Waals surface area (Å²) in [6, 6.07) is 19.1. The topological polar surface area (TPSA) is 96.0 Å². The van der Waals surface area contributed by atoms with Gasteiger partial charge in [0.15, 0.2) is 0 Å². The van der Waals surface area contributed by atoms with Gasteiger partial charge in [-0.15, -0.1) is 11.8 Å². The maximum Gasteiger partial charge on any atom is 0.264 e. The number of nitrogens with one attached hydrogen (secondary N) is 1. The van der Waals surface area contributed by atoms with Gasteiger partial charge in [0, 0.05) is 22.5 Å². The molecule has 0 radical (unpaired) electrons. The highest BCUT2D eigenvalue weighted by Gasteiger charge is 2.34. The predicted octanol–water partition coefficient (Wildman–Crippen LogP) is 5.99. The van der Waals surface area contributed by atoms with Gasteiger partial charge in [-0.3, -0.25) is 13.9 Å². The number of rotatable bonds is 14. The van der Waals surface area contributed by atoms with Crippen molar-refractivity contribution in [3.8, 4) is 5.75 Å². The van der Waals surface area contributed by atoms with Gasteiger partial charge in [0.25, 0.3) is 10.0 Å². The lowest BCUT2D eigenvalue weighted by molar-refractivity contribution is -0.140. The summed E-state index contributed by atoms with van der Waals surface area (Å²) in [6.07, 6.45) is 2.24. The smallest absolute Gasteiger partial charge is 0.264 e. The van der Waals surface area contributed by atoms with E-state index in [1.165, 1.54) is 28.8 Å². The van der Waals surface area contributed by atoms with Crippen molar-refractivity contribution in [3.05, 3.63) is 83.4 Å². The second-order valence-corrected chi connectivity index (χ2v) is 13.0. The van der Waals surface area contributed by atoms with Gasteiger partial charge < -0.3 is 15.0 Å². The van der Waals surface area contributed by atoms with Gasteiger partial charge in [-0.2, -0.15) is 0 Å². The molecule has 8 nitrogen and oxygen atoms in total. The maximum absolute atomic E-state index is 14.1. The van der Waals surface area contributed by atoms with Crippen LogP contribution in [0.5, 0.6) is 5.75 Å². The fraction of sp³-hybridized carbons (Fsp3) is 0.355. The number of carbonyl (C=O) groups excluding carboxylic acids is 2. The number of carbonyl (C=O) groups is 2. The van der Waals surface area contributed by atoms with E-state index in [4.69, 9.17) is 16.3 Å².